The Morgan fingerprint density at radius 2 is 2.24 bits per heavy atom. The van der Waals surface area contributed by atoms with Gasteiger partial charge in [-0.05, 0) is 25.5 Å². The molecule has 0 bridgehead atoms. The lowest BCUT2D eigenvalue weighted by molar-refractivity contribution is -0.384. The fourth-order valence-corrected chi connectivity index (χ4v) is 2.30. The highest BCUT2D eigenvalue weighted by molar-refractivity contribution is 5.87. The first-order valence-corrected chi connectivity index (χ1v) is 6.61. The summed E-state index contributed by atoms with van der Waals surface area (Å²) in [4.78, 5) is 25.2. The van der Waals surface area contributed by atoms with Gasteiger partial charge >= 0.3 is 5.97 Å². The van der Waals surface area contributed by atoms with Crippen molar-refractivity contribution in [2.24, 2.45) is 5.73 Å². The van der Waals surface area contributed by atoms with Gasteiger partial charge in [0.15, 0.2) is 0 Å². The number of nitrogens with two attached hydrogens (primary N) is 1. The van der Waals surface area contributed by atoms with Crippen LogP contribution >= 0.6 is 0 Å². The summed E-state index contributed by atoms with van der Waals surface area (Å²) in [6, 6.07) is 3.79. The number of aromatic amines is 1. The van der Waals surface area contributed by atoms with Gasteiger partial charge in [-0.3, -0.25) is 14.9 Å². The van der Waals surface area contributed by atoms with E-state index in [1.54, 1.807) is 13.0 Å². The molecule has 1 unspecified atom stereocenters. The van der Waals surface area contributed by atoms with Crippen LogP contribution in [0.5, 0.6) is 0 Å². The SMILES string of the molecule is CCOC(=O)C(N)Cc1c(C)[nH]c2ccc([N+](=O)[O-])cc12. The van der Waals surface area contributed by atoms with Crippen LogP contribution in [0.4, 0.5) is 5.69 Å². The third-order valence-electron chi connectivity index (χ3n) is 3.33. The Morgan fingerprint density at radius 1 is 1.52 bits per heavy atom. The molecule has 0 amide bonds. The second-order valence-electron chi connectivity index (χ2n) is 4.78. The molecule has 2 rings (SSSR count). The van der Waals surface area contributed by atoms with E-state index in [4.69, 9.17) is 10.5 Å². The highest BCUT2D eigenvalue weighted by Gasteiger charge is 2.20. The minimum absolute atomic E-state index is 0.00690. The van der Waals surface area contributed by atoms with Gasteiger partial charge in [-0.15, -0.1) is 0 Å². The van der Waals surface area contributed by atoms with Crippen LogP contribution in [0.2, 0.25) is 0 Å². The molecule has 1 aromatic carbocycles. The predicted molar refractivity (Wildman–Crippen MR) is 78.0 cm³/mol. The molecule has 0 aliphatic heterocycles. The summed E-state index contributed by atoms with van der Waals surface area (Å²) in [7, 11) is 0. The van der Waals surface area contributed by atoms with E-state index < -0.39 is 16.9 Å². The average Bonchev–Trinajstić information content (AvgIpc) is 2.74. The van der Waals surface area contributed by atoms with Gasteiger partial charge < -0.3 is 15.5 Å². The van der Waals surface area contributed by atoms with Crippen molar-refractivity contribution in [3.05, 3.63) is 39.6 Å². The summed E-state index contributed by atoms with van der Waals surface area (Å²) >= 11 is 0. The fraction of sp³-hybridized carbons (Fsp3) is 0.357. The van der Waals surface area contributed by atoms with E-state index in [1.165, 1.54) is 12.1 Å². The number of hydrogen-bond donors (Lipinski definition) is 2. The van der Waals surface area contributed by atoms with Gasteiger partial charge in [0.1, 0.15) is 6.04 Å². The van der Waals surface area contributed by atoms with E-state index in [-0.39, 0.29) is 18.7 Å². The number of nitro groups is 1. The molecule has 1 atom stereocenters. The molecule has 3 N–H and O–H groups in total. The Kier molecular flexibility index (Phi) is 4.23. The zero-order valence-electron chi connectivity index (χ0n) is 11.9. The summed E-state index contributed by atoms with van der Waals surface area (Å²) in [5, 5.41) is 11.6. The number of hydrogen-bond acceptors (Lipinski definition) is 5. The summed E-state index contributed by atoms with van der Waals surface area (Å²) in [5.74, 6) is -0.475. The number of carbonyl (C=O) groups excluding carboxylic acids is 1. The summed E-state index contributed by atoms with van der Waals surface area (Å²) in [6.07, 6.45) is 0.270. The number of esters is 1. The van der Waals surface area contributed by atoms with Gasteiger partial charge in [-0.25, -0.2) is 0 Å². The zero-order valence-corrected chi connectivity index (χ0v) is 11.9. The van der Waals surface area contributed by atoms with Crippen LogP contribution in [-0.4, -0.2) is 28.5 Å². The zero-order chi connectivity index (χ0) is 15.6. The van der Waals surface area contributed by atoms with Gasteiger partial charge in [0.2, 0.25) is 0 Å². The smallest absolute Gasteiger partial charge is 0.323 e. The van der Waals surface area contributed by atoms with E-state index in [9.17, 15) is 14.9 Å². The first-order chi connectivity index (χ1) is 9.93. The maximum atomic E-state index is 11.6. The molecule has 0 saturated heterocycles. The van der Waals surface area contributed by atoms with Crippen molar-refractivity contribution in [3.8, 4) is 0 Å². The minimum atomic E-state index is -0.790. The molecule has 1 heterocycles. The van der Waals surface area contributed by atoms with Crippen molar-refractivity contribution in [2.45, 2.75) is 26.3 Å². The maximum absolute atomic E-state index is 11.6. The Hall–Kier alpha value is -2.41. The molecule has 0 aliphatic rings. The molecular weight excluding hydrogens is 274 g/mol. The quantitative estimate of drug-likeness (QED) is 0.496. The molecule has 0 spiro atoms. The molecule has 1 aromatic heterocycles. The Balaban J connectivity index is 2.38. The molecule has 0 saturated carbocycles. The minimum Gasteiger partial charge on any atom is -0.465 e. The third kappa shape index (κ3) is 3.03. The molecule has 7 nitrogen and oxygen atoms in total. The molecule has 0 fully saturated rings. The van der Waals surface area contributed by atoms with Crippen LogP contribution < -0.4 is 5.73 Å². The lowest BCUT2D eigenvalue weighted by Crippen LogP contribution is -2.34. The number of fused-ring (bicyclic) bond motifs is 1. The highest BCUT2D eigenvalue weighted by Crippen LogP contribution is 2.27. The number of non-ortho nitro benzene ring substituents is 1. The second kappa shape index (κ2) is 5.92. The second-order valence-corrected chi connectivity index (χ2v) is 4.78. The molecule has 112 valence electrons. The van der Waals surface area contributed by atoms with E-state index in [1.807, 2.05) is 6.92 Å². The number of carbonyl (C=O) groups is 1. The summed E-state index contributed by atoms with van der Waals surface area (Å²) in [6.45, 7) is 3.83. The van der Waals surface area contributed by atoms with Crippen molar-refractivity contribution in [2.75, 3.05) is 6.61 Å². The lowest BCUT2D eigenvalue weighted by Gasteiger charge is -2.10. The first kappa shape index (κ1) is 15.0. The number of aromatic nitrogens is 1. The number of nitrogens with one attached hydrogen (secondary N) is 1. The van der Waals surface area contributed by atoms with E-state index in [0.29, 0.717) is 5.39 Å². The van der Waals surface area contributed by atoms with Crippen LogP contribution in [0.1, 0.15) is 18.2 Å². The average molecular weight is 291 g/mol. The number of ether oxygens (including phenoxy) is 1. The molecule has 0 radical (unpaired) electrons. The van der Waals surface area contributed by atoms with Crippen LogP contribution in [0.25, 0.3) is 10.9 Å². The third-order valence-corrected chi connectivity index (χ3v) is 3.33. The van der Waals surface area contributed by atoms with Gasteiger partial charge in [0.25, 0.3) is 5.69 Å². The van der Waals surface area contributed by atoms with Gasteiger partial charge in [0.05, 0.1) is 11.5 Å². The fourth-order valence-electron chi connectivity index (χ4n) is 2.30. The monoisotopic (exact) mass is 291 g/mol. The van der Waals surface area contributed by atoms with E-state index in [2.05, 4.69) is 4.98 Å². The van der Waals surface area contributed by atoms with E-state index in [0.717, 1.165) is 16.8 Å². The molecular formula is C14H17N3O4. The van der Waals surface area contributed by atoms with Gasteiger partial charge in [-0.1, -0.05) is 0 Å². The van der Waals surface area contributed by atoms with Crippen LogP contribution in [0.3, 0.4) is 0 Å². The summed E-state index contributed by atoms with van der Waals surface area (Å²) < 4.78 is 4.88. The van der Waals surface area contributed by atoms with Gasteiger partial charge in [-0.2, -0.15) is 0 Å². The van der Waals surface area contributed by atoms with Crippen molar-refractivity contribution in [1.82, 2.24) is 4.98 Å². The summed E-state index contributed by atoms with van der Waals surface area (Å²) in [5.41, 5.74) is 8.26. The van der Waals surface area contributed by atoms with Crippen LogP contribution in [0, 0.1) is 17.0 Å². The molecule has 7 heteroatoms. The molecule has 21 heavy (non-hydrogen) atoms. The number of nitro benzene ring substituents is 1. The van der Waals surface area contributed by atoms with Crippen molar-refractivity contribution in [3.63, 3.8) is 0 Å². The number of aryl methyl sites for hydroxylation is 1. The van der Waals surface area contributed by atoms with Crippen molar-refractivity contribution >= 4 is 22.6 Å². The number of rotatable bonds is 5. The van der Waals surface area contributed by atoms with Crippen molar-refractivity contribution < 1.29 is 14.5 Å². The maximum Gasteiger partial charge on any atom is 0.323 e. The first-order valence-electron chi connectivity index (χ1n) is 6.61. The van der Waals surface area contributed by atoms with E-state index >= 15 is 0 Å². The van der Waals surface area contributed by atoms with Crippen LogP contribution in [-0.2, 0) is 16.0 Å². The normalized spacial score (nSPS) is 12.3. The molecule has 2 aromatic rings. The highest BCUT2D eigenvalue weighted by atomic mass is 16.6. The lowest BCUT2D eigenvalue weighted by atomic mass is 10.0. The van der Waals surface area contributed by atoms with Crippen molar-refractivity contribution in [1.29, 1.82) is 0 Å². The molecule has 0 aliphatic carbocycles. The number of benzene rings is 1. The largest absolute Gasteiger partial charge is 0.465 e. The Labute approximate surface area is 121 Å². The standard InChI is InChI=1S/C14H17N3O4/c1-3-21-14(18)12(15)7-10-8(2)16-13-5-4-9(17(19)20)6-11(10)13/h4-6,12,16H,3,7,15H2,1-2H3. The van der Waals surface area contributed by atoms with Gasteiger partial charge in [0, 0.05) is 35.2 Å². The Morgan fingerprint density at radius 3 is 2.86 bits per heavy atom. The topological polar surface area (TPSA) is 111 Å². The van der Waals surface area contributed by atoms with Crippen LogP contribution in [0.15, 0.2) is 18.2 Å². The number of nitrogens with zero attached hydrogens (tertiary/aromatic N) is 1. The Bertz CT molecular complexity index is 693. The predicted octanol–water partition coefficient (Wildman–Crippen LogP) is 1.82. The number of H-pyrrole nitrogens is 1.